The fourth-order valence-electron chi connectivity index (χ4n) is 1.66. The van der Waals surface area contributed by atoms with Crippen LogP contribution in [0.1, 0.15) is 26.2 Å². The molecule has 1 fully saturated rings. The van der Waals surface area contributed by atoms with Crippen molar-refractivity contribution in [2.24, 2.45) is 0 Å². The highest BCUT2D eigenvalue weighted by molar-refractivity contribution is 4.84. The van der Waals surface area contributed by atoms with Gasteiger partial charge in [-0.25, -0.2) is 0 Å². The maximum atomic E-state index is 11.8. The van der Waals surface area contributed by atoms with Crippen LogP contribution in [0.5, 0.6) is 0 Å². The van der Waals surface area contributed by atoms with E-state index in [0.717, 1.165) is 19.5 Å². The summed E-state index contributed by atoms with van der Waals surface area (Å²) in [4.78, 5) is 2.28. The quantitative estimate of drug-likeness (QED) is 0.665. The van der Waals surface area contributed by atoms with Crippen molar-refractivity contribution in [1.82, 2.24) is 10.2 Å². The lowest BCUT2D eigenvalue weighted by atomic mass is 10.4. The molecule has 0 amide bonds. The highest BCUT2D eigenvalue weighted by Crippen LogP contribution is 2.26. The standard InChI is InChI=1S/C10H19F3N2/c1-2-6-15(9-3-4-9)7-5-14-8-10(11,12)13/h9,14H,2-8H2,1H3. The minimum absolute atomic E-state index is 0.427. The van der Waals surface area contributed by atoms with Crippen LogP contribution in [0, 0.1) is 0 Å². The van der Waals surface area contributed by atoms with Crippen LogP contribution in [0.4, 0.5) is 13.2 Å². The van der Waals surface area contributed by atoms with Crippen molar-refractivity contribution in [2.75, 3.05) is 26.2 Å². The summed E-state index contributed by atoms with van der Waals surface area (Å²) >= 11 is 0. The Labute approximate surface area is 88.8 Å². The van der Waals surface area contributed by atoms with E-state index < -0.39 is 12.7 Å². The largest absolute Gasteiger partial charge is 0.401 e. The normalized spacial score (nSPS) is 17.4. The van der Waals surface area contributed by atoms with E-state index in [4.69, 9.17) is 0 Å². The Hall–Kier alpha value is -0.290. The van der Waals surface area contributed by atoms with Gasteiger partial charge in [-0.3, -0.25) is 4.90 Å². The van der Waals surface area contributed by atoms with Crippen LogP contribution in [0.2, 0.25) is 0 Å². The molecular weight excluding hydrogens is 205 g/mol. The Kier molecular flexibility index (Phi) is 4.86. The van der Waals surface area contributed by atoms with Gasteiger partial charge in [0, 0.05) is 19.1 Å². The molecule has 1 aliphatic rings. The Morgan fingerprint density at radius 1 is 1.27 bits per heavy atom. The lowest BCUT2D eigenvalue weighted by molar-refractivity contribution is -0.124. The van der Waals surface area contributed by atoms with E-state index in [-0.39, 0.29) is 0 Å². The number of halogens is 3. The van der Waals surface area contributed by atoms with Crippen molar-refractivity contribution in [3.05, 3.63) is 0 Å². The van der Waals surface area contributed by atoms with Gasteiger partial charge < -0.3 is 5.32 Å². The maximum absolute atomic E-state index is 11.8. The first-order valence-electron chi connectivity index (χ1n) is 5.54. The number of alkyl halides is 3. The number of hydrogen-bond acceptors (Lipinski definition) is 2. The second-order valence-electron chi connectivity index (χ2n) is 4.06. The summed E-state index contributed by atoms with van der Waals surface area (Å²) in [7, 11) is 0. The number of nitrogens with zero attached hydrogens (tertiary/aromatic N) is 1. The zero-order valence-electron chi connectivity index (χ0n) is 9.11. The molecule has 1 rings (SSSR count). The van der Waals surface area contributed by atoms with Gasteiger partial charge in [0.05, 0.1) is 6.54 Å². The first-order chi connectivity index (χ1) is 7.03. The van der Waals surface area contributed by atoms with E-state index in [1.807, 2.05) is 0 Å². The highest BCUT2D eigenvalue weighted by Gasteiger charge is 2.29. The van der Waals surface area contributed by atoms with E-state index in [9.17, 15) is 13.2 Å². The average molecular weight is 224 g/mol. The molecule has 90 valence electrons. The van der Waals surface area contributed by atoms with Gasteiger partial charge in [0.15, 0.2) is 0 Å². The molecule has 0 aliphatic heterocycles. The van der Waals surface area contributed by atoms with E-state index >= 15 is 0 Å². The summed E-state index contributed by atoms with van der Waals surface area (Å²) in [6, 6.07) is 0.637. The molecule has 0 unspecified atom stereocenters. The van der Waals surface area contributed by atoms with Gasteiger partial charge in [0.1, 0.15) is 0 Å². The van der Waals surface area contributed by atoms with Gasteiger partial charge in [-0.1, -0.05) is 6.92 Å². The molecule has 1 saturated carbocycles. The third-order valence-corrected chi connectivity index (χ3v) is 2.48. The number of hydrogen-bond donors (Lipinski definition) is 1. The Balaban J connectivity index is 2.06. The number of rotatable bonds is 7. The zero-order valence-corrected chi connectivity index (χ0v) is 9.11. The summed E-state index contributed by atoms with van der Waals surface area (Å²) in [5.41, 5.74) is 0. The molecule has 0 aromatic carbocycles. The van der Waals surface area contributed by atoms with E-state index in [1.54, 1.807) is 0 Å². The van der Waals surface area contributed by atoms with Crippen LogP contribution >= 0.6 is 0 Å². The zero-order chi connectivity index (χ0) is 11.3. The minimum atomic E-state index is -4.09. The maximum Gasteiger partial charge on any atom is 0.401 e. The molecule has 0 bridgehead atoms. The third kappa shape index (κ3) is 5.99. The molecule has 1 aliphatic carbocycles. The van der Waals surface area contributed by atoms with Gasteiger partial charge in [0.25, 0.3) is 0 Å². The molecular formula is C10H19F3N2. The van der Waals surface area contributed by atoms with Crippen LogP contribution in [0.25, 0.3) is 0 Å². The Morgan fingerprint density at radius 3 is 2.40 bits per heavy atom. The lowest BCUT2D eigenvalue weighted by Gasteiger charge is -2.21. The predicted octanol–water partition coefficient (Wildman–Crippen LogP) is 2.01. The monoisotopic (exact) mass is 224 g/mol. The van der Waals surface area contributed by atoms with Gasteiger partial charge in [-0.15, -0.1) is 0 Å². The van der Waals surface area contributed by atoms with Crippen LogP contribution in [-0.4, -0.2) is 43.3 Å². The van der Waals surface area contributed by atoms with Crippen molar-refractivity contribution in [3.63, 3.8) is 0 Å². The summed E-state index contributed by atoms with van der Waals surface area (Å²) in [5, 5.41) is 2.43. The van der Waals surface area contributed by atoms with Crippen LogP contribution in [0.15, 0.2) is 0 Å². The second-order valence-corrected chi connectivity index (χ2v) is 4.06. The van der Waals surface area contributed by atoms with Gasteiger partial charge in [-0.05, 0) is 25.8 Å². The Bertz CT molecular complexity index is 178. The lowest BCUT2D eigenvalue weighted by Crippen LogP contribution is -2.37. The van der Waals surface area contributed by atoms with Gasteiger partial charge >= 0.3 is 6.18 Å². The average Bonchev–Trinajstić information content (AvgIpc) is 2.91. The predicted molar refractivity (Wildman–Crippen MR) is 53.8 cm³/mol. The smallest absolute Gasteiger partial charge is 0.307 e. The topological polar surface area (TPSA) is 15.3 Å². The fraction of sp³-hybridized carbons (Fsp3) is 1.00. The fourth-order valence-corrected chi connectivity index (χ4v) is 1.66. The molecule has 0 saturated heterocycles. The SMILES string of the molecule is CCCN(CCNCC(F)(F)F)C1CC1. The molecule has 0 aromatic rings. The third-order valence-electron chi connectivity index (χ3n) is 2.48. The molecule has 0 aromatic heterocycles. The van der Waals surface area contributed by atoms with Crippen molar-refractivity contribution >= 4 is 0 Å². The highest BCUT2D eigenvalue weighted by atomic mass is 19.4. The van der Waals surface area contributed by atoms with E-state index in [0.29, 0.717) is 12.6 Å². The van der Waals surface area contributed by atoms with Crippen molar-refractivity contribution in [1.29, 1.82) is 0 Å². The van der Waals surface area contributed by atoms with Crippen molar-refractivity contribution in [3.8, 4) is 0 Å². The van der Waals surface area contributed by atoms with E-state index in [2.05, 4.69) is 17.1 Å². The van der Waals surface area contributed by atoms with Gasteiger partial charge in [-0.2, -0.15) is 13.2 Å². The minimum Gasteiger partial charge on any atom is -0.307 e. The molecule has 1 N–H and O–H groups in total. The van der Waals surface area contributed by atoms with Crippen molar-refractivity contribution in [2.45, 2.75) is 38.4 Å². The van der Waals surface area contributed by atoms with Crippen LogP contribution in [0.3, 0.4) is 0 Å². The number of nitrogens with one attached hydrogen (secondary N) is 1. The molecule has 5 heteroatoms. The molecule has 2 nitrogen and oxygen atoms in total. The van der Waals surface area contributed by atoms with Crippen LogP contribution < -0.4 is 5.32 Å². The molecule has 0 atom stereocenters. The molecule has 0 radical (unpaired) electrons. The first-order valence-corrected chi connectivity index (χ1v) is 5.54. The first kappa shape index (κ1) is 12.8. The van der Waals surface area contributed by atoms with Gasteiger partial charge in [0.2, 0.25) is 0 Å². The molecule has 15 heavy (non-hydrogen) atoms. The molecule has 0 heterocycles. The second kappa shape index (κ2) is 5.70. The van der Waals surface area contributed by atoms with E-state index in [1.165, 1.54) is 12.8 Å². The summed E-state index contributed by atoms with van der Waals surface area (Å²) in [6.45, 7) is 3.37. The summed E-state index contributed by atoms with van der Waals surface area (Å²) in [5.74, 6) is 0. The van der Waals surface area contributed by atoms with Crippen molar-refractivity contribution < 1.29 is 13.2 Å². The summed E-state index contributed by atoms with van der Waals surface area (Å²) < 4.78 is 35.5. The summed E-state index contributed by atoms with van der Waals surface area (Å²) in [6.07, 6.45) is -0.608. The van der Waals surface area contributed by atoms with Crippen LogP contribution in [-0.2, 0) is 0 Å². The Morgan fingerprint density at radius 2 is 1.93 bits per heavy atom. The molecule has 0 spiro atoms.